The van der Waals surface area contributed by atoms with Crippen LogP contribution in [0.2, 0.25) is 0 Å². The van der Waals surface area contributed by atoms with Crippen LogP contribution >= 0.6 is 15.9 Å². The molecule has 3 rings (SSSR count). The van der Waals surface area contributed by atoms with E-state index < -0.39 is 0 Å². The summed E-state index contributed by atoms with van der Waals surface area (Å²) >= 11 is 3.49. The molecule has 2 aromatic rings. The molecule has 0 spiro atoms. The first-order valence-electron chi connectivity index (χ1n) is 7.26. The first-order chi connectivity index (χ1) is 10.2. The number of nitrogens with two attached hydrogens (primary N) is 1. The predicted octanol–water partition coefficient (Wildman–Crippen LogP) is 3.20. The highest BCUT2D eigenvalue weighted by molar-refractivity contribution is 9.10. The number of benzene rings is 1. The Hall–Kier alpha value is -1.46. The molecule has 2 N–H and O–H groups in total. The van der Waals surface area contributed by atoms with Crippen LogP contribution in [-0.4, -0.2) is 28.0 Å². The van der Waals surface area contributed by atoms with E-state index in [-0.39, 0.29) is 0 Å². The van der Waals surface area contributed by atoms with Gasteiger partial charge in [-0.1, -0.05) is 28.1 Å². The molecule has 110 valence electrons. The van der Waals surface area contributed by atoms with Gasteiger partial charge in [0.05, 0.1) is 6.54 Å². The monoisotopic (exact) mass is 346 g/mol. The summed E-state index contributed by atoms with van der Waals surface area (Å²) in [6, 6.07) is 10.4. The Bertz CT molecular complexity index is 591. The van der Waals surface area contributed by atoms with Gasteiger partial charge in [-0.25, -0.2) is 9.97 Å². The number of hydrogen-bond donors (Lipinski definition) is 1. The fraction of sp³-hybridized carbons (Fsp3) is 0.375. The summed E-state index contributed by atoms with van der Waals surface area (Å²) in [7, 11) is 0. The van der Waals surface area contributed by atoms with Crippen LogP contribution in [0, 0.1) is 0 Å². The number of likely N-dealkylation sites (tertiary alicyclic amines) is 1. The van der Waals surface area contributed by atoms with Crippen molar-refractivity contribution in [3.8, 4) is 0 Å². The second-order valence-corrected chi connectivity index (χ2v) is 6.42. The maximum absolute atomic E-state index is 5.70. The van der Waals surface area contributed by atoms with Crippen molar-refractivity contribution >= 4 is 21.7 Å². The number of aromatic nitrogens is 2. The van der Waals surface area contributed by atoms with E-state index in [1.54, 1.807) is 12.3 Å². The van der Waals surface area contributed by atoms with Crippen molar-refractivity contribution < 1.29 is 0 Å². The van der Waals surface area contributed by atoms with Crippen molar-refractivity contribution in [1.29, 1.82) is 0 Å². The van der Waals surface area contributed by atoms with E-state index in [0.717, 1.165) is 29.9 Å². The smallest absolute Gasteiger partial charge is 0.144 e. The van der Waals surface area contributed by atoms with Crippen LogP contribution in [-0.2, 0) is 6.54 Å². The van der Waals surface area contributed by atoms with Gasteiger partial charge in [0.2, 0.25) is 0 Å². The van der Waals surface area contributed by atoms with E-state index in [1.807, 2.05) is 0 Å². The average molecular weight is 347 g/mol. The Kier molecular flexibility index (Phi) is 4.51. The molecule has 1 aliphatic heterocycles. The second-order valence-electron chi connectivity index (χ2n) is 5.50. The zero-order chi connectivity index (χ0) is 14.7. The van der Waals surface area contributed by atoms with Crippen LogP contribution in [0.5, 0.6) is 0 Å². The fourth-order valence-electron chi connectivity index (χ4n) is 2.85. The Morgan fingerprint density at radius 3 is 2.52 bits per heavy atom. The van der Waals surface area contributed by atoms with Gasteiger partial charge in [0, 0.05) is 10.7 Å². The van der Waals surface area contributed by atoms with Crippen LogP contribution in [0.3, 0.4) is 0 Å². The molecule has 0 radical (unpaired) electrons. The average Bonchev–Trinajstić information content (AvgIpc) is 2.49. The third-order valence-electron chi connectivity index (χ3n) is 4.02. The van der Waals surface area contributed by atoms with Crippen LogP contribution in [0.25, 0.3) is 0 Å². The molecule has 0 bridgehead atoms. The molecule has 1 aromatic carbocycles. The highest BCUT2D eigenvalue weighted by Crippen LogP contribution is 2.29. The number of nitrogens with zero attached hydrogens (tertiary/aromatic N) is 3. The van der Waals surface area contributed by atoms with Crippen molar-refractivity contribution in [2.45, 2.75) is 25.3 Å². The summed E-state index contributed by atoms with van der Waals surface area (Å²) in [4.78, 5) is 11.0. The highest BCUT2D eigenvalue weighted by atomic mass is 79.9. The third kappa shape index (κ3) is 3.80. The Balaban J connectivity index is 1.56. The number of halogens is 1. The molecule has 1 aromatic heterocycles. The second kappa shape index (κ2) is 6.54. The summed E-state index contributed by atoms with van der Waals surface area (Å²) in [5.41, 5.74) is 7.14. The zero-order valence-corrected chi connectivity index (χ0v) is 13.5. The van der Waals surface area contributed by atoms with E-state index in [2.05, 4.69) is 55.1 Å². The van der Waals surface area contributed by atoms with Crippen molar-refractivity contribution in [2.24, 2.45) is 0 Å². The molecule has 4 nitrogen and oxygen atoms in total. The van der Waals surface area contributed by atoms with Gasteiger partial charge in [-0.2, -0.15) is 0 Å². The van der Waals surface area contributed by atoms with E-state index in [1.165, 1.54) is 18.4 Å². The van der Waals surface area contributed by atoms with Crippen molar-refractivity contribution in [3.05, 3.63) is 52.4 Å². The van der Waals surface area contributed by atoms with E-state index in [4.69, 9.17) is 5.73 Å². The summed E-state index contributed by atoms with van der Waals surface area (Å²) in [5.74, 6) is 2.03. The Morgan fingerprint density at radius 1 is 1.14 bits per heavy atom. The first-order valence-corrected chi connectivity index (χ1v) is 8.05. The Morgan fingerprint density at radius 2 is 1.86 bits per heavy atom. The topological polar surface area (TPSA) is 55.0 Å². The van der Waals surface area contributed by atoms with Gasteiger partial charge in [-0.05, 0) is 55.6 Å². The van der Waals surface area contributed by atoms with Crippen molar-refractivity contribution in [2.75, 3.05) is 18.8 Å². The third-order valence-corrected chi connectivity index (χ3v) is 4.55. The van der Waals surface area contributed by atoms with Gasteiger partial charge in [-0.3, -0.25) is 4.90 Å². The van der Waals surface area contributed by atoms with Crippen LogP contribution < -0.4 is 5.73 Å². The maximum Gasteiger partial charge on any atom is 0.144 e. The SMILES string of the molecule is Nc1ccnc(CN2CCC(c3ccc(Br)cc3)CC2)n1. The van der Waals surface area contributed by atoms with Gasteiger partial charge >= 0.3 is 0 Å². The van der Waals surface area contributed by atoms with Crippen molar-refractivity contribution in [1.82, 2.24) is 14.9 Å². The fourth-order valence-corrected chi connectivity index (χ4v) is 3.11. The van der Waals surface area contributed by atoms with Gasteiger partial charge in [0.25, 0.3) is 0 Å². The Labute approximate surface area is 133 Å². The lowest BCUT2D eigenvalue weighted by Gasteiger charge is -2.31. The minimum Gasteiger partial charge on any atom is -0.384 e. The summed E-state index contributed by atoms with van der Waals surface area (Å²) in [6.07, 6.45) is 4.10. The minimum absolute atomic E-state index is 0.546. The molecule has 0 aliphatic carbocycles. The minimum atomic E-state index is 0.546. The van der Waals surface area contributed by atoms with E-state index >= 15 is 0 Å². The number of hydrogen-bond acceptors (Lipinski definition) is 4. The van der Waals surface area contributed by atoms with Gasteiger partial charge in [0.1, 0.15) is 11.6 Å². The van der Waals surface area contributed by atoms with E-state index in [9.17, 15) is 0 Å². The van der Waals surface area contributed by atoms with Gasteiger partial charge in [-0.15, -0.1) is 0 Å². The number of anilines is 1. The van der Waals surface area contributed by atoms with Crippen LogP contribution in [0.4, 0.5) is 5.82 Å². The summed E-state index contributed by atoms with van der Waals surface area (Å²) < 4.78 is 1.14. The van der Waals surface area contributed by atoms with Crippen LogP contribution in [0.15, 0.2) is 41.0 Å². The lowest BCUT2D eigenvalue weighted by molar-refractivity contribution is 0.200. The largest absolute Gasteiger partial charge is 0.384 e. The van der Waals surface area contributed by atoms with Crippen LogP contribution in [0.1, 0.15) is 30.1 Å². The molecule has 0 unspecified atom stereocenters. The predicted molar refractivity (Wildman–Crippen MR) is 87.8 cm³/mol. The molecule has 5 heteroatoms. The standard InChI is InChI=1S/C16H19BrN4/c17-14-3-1-12(2-4-14)13-6-9-21(10-7-13)11-16-19-8-5-15(18)20-16/h1-5,8,13H,6-7,9-11H2,(H2,18,19,20). The molecule has 0 atom stereocenters. The molecular weight excluding hydrogens is 328 g/mol. The lowest BCUT2D eigenvalue weighted by atomic mass is 9.89. The molecule has 1 fully saturated rings. The molecular formula is C16H19BrN4. The molecule has 0 amide bonds. The molecule has 0 saturated carbocycles. The molecule has 1 saturated heterocycles. The summed E-state index contributed by atoms with van der Waals surface area (Å²) in [6.45, 7) is 2.95. The quantitative estimate of drug-likeness (QED) is 0.926. The van der Waals surface area contributed by atoms with Crippen molar-refractivity contribution in [3.63, 3.8) is 0 Å². The number of nitrogen functional groups attached to an aromatic ring is 1. The molecule has 2 heterocycles. The first kappa shape index (κ1) is 14.5. The van der Waals surface area contributed by atoms with Gasteiger partial charge in [0.15, 0.2) is 0 Å². The van der Waals surface area contributed by atoms with Gasteiger partial charge < -0.3 is 5.73 Å². The van der Waals surface area contributed by atoms with E-state index in [0.29, 0.717) is 11.7 Å². The zero-order valence-electron chi connectivity index (χ0n) is 11.9. The lowest BCUT2D eigenvalue weighted by Crippen LogP contribution is -2.33. The normalized spacial score (nSPS) is 17.0. The number of rotatable bonds is 3. The summed E-state index contributed by atoms with van der Waals surface area (Å²) in [5, 5.41) is 0. The molecule has 21 heavy (non-hydrogen) atoms. The number of piperidine rings is 1. The maximum atomic E-state index is 5.70. The highest BCUT2D eigenvalue weighted by Gasteiger charge is 2.21. The molecule has 1 aliphatic rings.